The molecule has 0 atom stereocenters. The van der Waals surface area contributed by atoms with E-state index < -0.39 is 0 Å². The molecule has 0 saturated heterocycles. The van der Waals surface area contributed by atoms with Gasteiger partial charge in [0, 0.05) is 11.3 Å². The second-order valence-corrected chi connectivity index (χ2v) is 4.20. The van der Waals surface area contributed by atoms with Crippen LogP contribution in [0, 0.1) is 0 Å². The molecule has 2 aromatic rings. The fourth-order valence-corrected chi connectivity index (χ4v) is 2.18. The van der Waals surface area contributed by atoms with Gasteiger partial charge in [0.1, 0.15) is 5.75 Å². The fraction of sp³-hybridized carbons (Fsp3) is 0.357. The molecule has 0 unspecified atom stereocenters. The van der Waals surface area contributed by atoms with E-state index in [9.17, 15) is 0 Å². The van der Waals surface area contributed by atoms with Gasteiger partial charge in [-0.15, -0.1) is 0 Å². The van der Waals surface area contributed by atoms with Crippen LogP contribution in [0.3, 0.4) is 0 Å². The summed E-state index contributed by atoms with van der Waals surface area (Å²) in [4.78, 5) is 0. The third-order valence-electron chi connectivity index (χ3n) is 3.17. The first-order chi connectivity index (χ1) is 8.71. The highest BCUT2D eigenvalue weighted by molar-refractivity contribution is 5.77. The van der Waals surface area contributed by atoms with Gasteiger partial charge in [-0.25, -0.2) is 0 Å². The Labute approximate surface area is 107 Å². The summed E-state index contributed by atoms with van der Waals surface area (Å²) in [6, 6.07) is 6.14. The number of rotatable bonds is 4. The molecule has 1 aromatic carbocycles. The van der Waals surface area contributed by atoms with Crippen molar-refractivity contribution < 1.29 is 4.74 Å². The van der Waals surface area contributed by atoms with Gasteiger partial charge in [0.25, 0.3) is 0 Å². The minimum absolute atomic E-state index is 0.555. The Bertz CT molecular complexity index is 546. The highest BCUT2D eigenvalue weighted by Crippen LogP contribution is 2.32. The predicted molar refractivity (Wildman–Crippen MR) is 73.7 cm³/mol. The Balaban J connectivity index is 2.54. The Morgan fingerprint density at radius 2 is 2.06 bits per heavy atom. The van der Waals surface area contributed by atoms with E-state index in [2.05, 4.69) is 30.1 Å². The number of H-pyrrole nitrogens is 1. The summed E-state index contributed by atoms with van der Waals surface area (Å²) in [7, 11) is 1.69. The molecule has 4 heteroatoms. The van der Waals surface area contributed by atoms with E-state index in [0.717, 1.165) is 35.4 Å². The maximum atomic E-state index is 5.94. The predicted octanol–water partition coefficient (Wildman–Crippen LogP) is 2.79. The lowest BCUT2D eigenvalue weighted by Gasteiger charge is -2.09. The van der Waals surface area contributed by atoms with Crippen molar-refractivity contribution in [3.8, 4) is 16.9 Å². The van der Waals surface area contributed by atoms with Gasteiger partial charge in [-0.3, -0.25) is 5.10 Å². The molecule has 0 radical (unpaired) electrons. The number of aromatic amines is 1. The number of benzene rings is 1. The second kappa shape index (κ2) is 5.12. The Morgan fingerprint density at radius 3 is 2.67 bits per heavy atom. The first kappa shape index (κ1) is 12.5. The van der Waals surface area contributed by atoms with Crippen LogP contribution in [-0.4, -0.2) is 17.3 Å². The lowest BCUT2D eigenvalue weighted by Crippen LogP contribution is -1.94. The van der Waals surface area contributed by atoms with Gasteiger partial charge < -0.3 is 10.5 Å². The molecule has 0 aliphatic carbocycles. The van der Waals surface area contributed by atoms with Crippen molar-refractivity contribution in [1.82, 2.24) is 10.2 Å². The van der Waals surface area contributed by atoms with Crippen LogP contribution >= 0.6 is 0 Å². The molecule has 0 aliphatic rings. The minimum atomic E-state index is 0.555. The van der Waals surface area contributed by atoms with Crippen LogP contribution in [0.1, 0.15) is 25.1 Å². The molecule has 0 spiro atoms. The average Bonchev–Trinajstić information content (AvgIpc) is 2.79. The van der Waals surface area contributed by atoms with E-state index >= 15 is 0 Å². The van der Waals surface area contributed by atoms with Crippen LogP contribution in [0.2, 0.25) is 0 Å². The van der Waals surface area contributed by atoms with Crippen molar-refractivity contribution in [3.05, 3.63) is 29.5 Å². The number of aromatic nitrogens is 2. The van der Waals surface area contributed by atoms with Gasteiger partial charge in [0.15, 0.2) is 5.82 Å². The lowest BCUT2D eigenvalue weighted by atomic mass is 10.00. The number of nitrogens with zero attached hydrogens (tertiary/aromatic N) is 1. The molecular formula is C14H19N3O. The molecule has 0 saturated carbocycles. The van der Waals surface area contributed by atoms with Crippen LogP contribution in [0.5, 0.6) is 5.75 Å². The molecule has 0 bridgehead atoms. The van der Waals surface area contributed by atoms with Crippen molar-refractivity contribution in [2.24, 2.45) is 0 Å². The largest absolute Gasteiger partial charge is 0.496 e. The van der Waals surface area contributed by atoms with E-state index in [0.29, 0.717) is 5.82 Å². The second-order valence-electron chi connectivity index (χ2n) is 4.20. The number of nitrogen functional groups attached to an aromatic ring is 1. The van der Waals surface area contributed by atoms with Crippen LogP contribution in [-0.2, 0) is 12.8 Å². The summed E-state index contributed by atoms with van der Waals surface area (Å²) < 4.78 is 5.34. The van der Waals surface area contributed by atoms with Crippen molar-refractivity contribution in [1.29, 1.82) is 0 Å². The number of anilines is 1. The smallest absolute Gasteiger partial charge is 0.153 e. The molecule has 18 heavy (non-hydrogen) atoms. The molecule has 2 rings (SSSR count). The van der Waals surface area contributed by atoms with Crippen LogP contribution in [0.4, 0.5) is 5.82 Å². The first-order valence-corrected chi connectivity index (χ1v) is 6.21. The Morgan fingerprint density at radius 1 is 1.28 bits per heavy atom. The third kappa shape index (κ3) is 2.06. The Hall–Kier alpha value is -1.97. The van der Waals surface area contributed by atoms with E-state index in [1.165, 1.54) is 5.56 Å². The highest BCUT2D eigenvalue weighted by atomic mass is 16.5. The van der Waals surface area contributed by atoms with E-state index in [-0.39, 0.29) is 0 Å². The summed E-state index contributed by atoms with van der Waals surface area (Å²) in [5, 5.41) is 7.07. The van der Waals surface area contributed by atoms with Gasteiger partial charge in [0.05, 0.1) is 7.11 Å². The number of hydrogen-bond donors (Lipinski definition) is 2. The molecular weight excluding hydrogens is 226 g/mol. The van der Waals surface area contributed by atoms with E-state index in [4.69, 9.17) is 10.5 Å². The van der Waals surface area contributed by atoms with Crippen molar-refractivity contribution in [2.45, 2.75) is 26.7 Å². The van der Waals surface area contributed by atoms with Crippen molar-refractivity contribution in [2.75, 3.05) is 12.8 Å². The summed E-state index contributed by atoms with van der Waals surface area (Å²) >= 11 is 0. The number of hydrogen-bond acceptors (Lipinski definition) is 3. The highest BCUT2D eigenvalue weighted by Gasteiger charge is 2.13. The third-order valence-corrected chi connectivity index (χ3v) is 3.17. The Kier molecular flexibility index (Phi) is 3.55. The van der Waals surface area contributed by atoms with Gasteiger partial charge in [0.2, 0.25) is 0 Å². The van der Waals surface area contributed by atoms with Crippen molar-refractivity contribution in [3.63, 3.8) is 0 Å². The molecule has 0 aliphatic heterocycles. The number of methoxy groups -OCH3 is 1. The topological polar surface area (TPSA) is 63.9 Å². The molecule has 4 nitrogen and oxygen atoms in total. The number of nitrogens with two attached hydrogens (primary N) is 1. The summed E-state index contributed by atoms with van der Waals surface area (Å²) in [6.07, 6.45) is 1.81. The zero-order chi connectivity index (χ0) is 13.1. The maximum absolute atomic E-state index is 5.94. The number of aryl methyl sites for hydroxylation is 2. The molecule has 1 heterocycles. The number of ether oxygens (including phenoxy) is 1. The molecule has 1 aromatic heterocycles. The normalized spacial score (nSPS) is 10.6. The monoisotopic (exact) mass is 245 g/mol. The van der Waals surface area contributed by atoms with Gasteiger partial charge in [-0.05, 0) is 36.1 Å². The summed E-state index contributed by atoms with van der Waals surface area (Å²) in [5.41, 5.74) is 10.3. The summed E-state index contributed by atoms with van der Waals surface area (Å²) in [6.45, 7) is 4.20. The number of nitrogens with one attached hydrogen (secondary N) is 1. The molecule has 96 valence electrons. The van der Waals surface area contributed by atoms with Crippen LogP contribution < -0.4 is 10.5 Å². The van der Waals surface area contributed by atoms with Crippen molar-refractivity contribution >= 4 is 5.82 Å². The van der Waals surface area contributed by atoms with Crippen LogP contribution in [0.25, 0.3) is 11.1 Å². The molecule has 3 N–H and O–H groups in total. The van der Waals surface area contributed by atoms with Crippen LogP contribution in [0.15, 0.2) is 18.2 Å². The zero-order valence-electron chi connectivity index (χ0n) is 11.1. The molecule has 0 amide bonds. The first-order valence-electron chi connectivity index (χ1n) is 6.21. The fourth-order valence-electron chi connectivity index (χ4n) is 2.18. The average molecular weight is 245 g/mol. The summed E-state index contributed by atoms with van der Waals surface area (Å²) in [5.74, 6) is 1.47. The molecule has 0 fully saturated rings. The quantitative estimate of drug-likeness (QED) is 0.870. The van der Waals surface area contributed by atoms with Gasteiger partial charge in [-0.2, -0.15) is 5.10 Å². The van der Waals surface area contributed by atoms with E-state index in [1.807, 2.05) is 12.1 Å². The van der Waals surface area contributed by atoms with E-state index in [1.54, 1.807) is 7.11 Å². The lowest BCUT2D eigenvalue weighted by molar-refractivity contribution is 0.410. The zero-order valence-corrected chi connectivity index (χ0v) is 11.1. The van der Waals surface area contributed by atoms with Gasteiger partial charge >= 0.3 is 0 Å². The minimum Gasteiger partial charge on any atom is -0.496 e. The van der Waals surface area contributed by atoms with Gasteiger partial charge in [-0.1, -0.05) is 19.9 Å². The maximum Gasteiger partial charge on any atom is 0.153 e. The SMILES string of the molecule is CCc1cc(-c2c(N)n[nH]c2CC)ccc1OC. The standard InChI is InChI=1S/C14H19N3O/c1-4-9-8-10(6-7-12(9)18-3)13-11(5-2)16-17-14(13)15/h6-8H,4-5H2,1-3H3,(H3,15,16,17).